The lowest BCUT2D eigenvalue weighted by Gasteiger charge is -2.32. The number of oxime groups is 5. The highest BCUT2D eigenvalue weighted by molar-refractivity contribution is 5.97. The summed E-state index contributed by atoms with van der Waals surface area (Å²) in [4.78, 5) is 102. The molecule has 3 amide bonds. The lowest BCUT2D eigenvalue weighted by molar-refractivity contribution is -0.126. The van der Waals surface area contributed by atoms with E-state index in [2.05, 4.69) is 86.0 Å². The maximum atomic E-state index is 12.3. The van der Waals surface area contributed by atoms with Gasteiger partial charge < -0.3 is 125 Å². The number of Topliss-reactive ketones (excluding diaryl/α,β-unsaturated/α-hetero) is 2. The Hall–Kier alpha value is -11.5. The molecule has 2 aliphatic rings. The van der Waals surface area contributed by atoms with Gasteiger partial charge in [-0.2, -0.15) is 0 Å². The summed E-state index contributed by atoms with van der Waals surface area (Å²) in [5.41, 5.74) is 11.9. The molecule has 143 heavy (non-hydrogen) atoms. The number of nitrogens with zero attached hydrogens (tertiary/aromatic N) is 7. The first kappa shape index (κ1) is 120. The Morgan fingerprint density at radius 3 is 1.29 bits per heavy atom. The first-order valence-corrected chi connectivity index (χ1v) is 47.5. The highest BCUT2D eigenvalue weighted by Crippen LogP contribution is 2.33. The number of fused-ring (bicyclic) bond motifs is 5. The van der Waals surface area contributed by atoms with E-state index in [0.29, 0.717) is 18.8 Å². The summed E-state index contributed by atoms with van der Waals surface area (Å²) in [6.07, 6.45) is -2.71. The number of anilines is 1. The summed E-state index contributed by atoms with van der Waals surface area (Å²) in [6.45, 7) is 35.4. The van der Waals surface area contributed by atoms with Crippen molar-refractivity contribution in [2.24, 2.45) is 58.3 Å². The van der Waals surface area contributed by atoms with Gasteiger partial charge in [0.15, 0.2) is 44.6 Å². The van der Waals surface area contributed by atoms with Crippen molar-refractivity contribution in [2.75, 3.05) is 73.9 Å². The molecule has 10 rings (SSSR count). The number of pyridine rings is 1. The van der Waals surface area contributed by atoms with E-state index in [1.165, 1.54) is 81.3 Å². The second kappa shape index (κ2) is 57.3. The van der Waals surface area contributed by atoms with Crippen molar-refractivity contribution in [2.45, 2.75) is 269 Å². The number of carbonyl (C=O) groups excluding carboxylic acids is 5. The van der Waals surface area contributed by atoms with Gasteiger partial charge in [0.25, 0.3) is 17.7 Å². The molecule has 8 aromatic rings. The number of allylic oxidation sites excluding steroid dienone is 1. The fraction of sp³-hybridized carbons (Fsp3) is 0.528. The molecule has 37 nitrogen and oxygen atoms in total. The lowest BCUT2D eigenvalue weighted by atomic mass is 9.83. The molecule has 15 N–H and O–H groups in total. The van der Waals surface area contributed by atoms with Crippen molar-refractivity contribution < 1.29 is 123 Å². The first-order valence-electron chi connectivity index (χ1n) is 47.5. The SMILES string of the molecule is CO[C@H](/C(=N/OCC(=O)Cc1ccc2[nH]c(C)cc2c1)[C@@H](O)[C@@H](C)O)C(C)(C)C.CO[C@H](/C(=N/OCC(=O)Cc1ccc2ncccc2c1)[C@@H](O)[C@@H](C)O)C(C)(C)C.CO[C@H](/C(=N/OCC(=O)NCc1ccc2c(c1)C=CC2)[C@@H](O)[C@@H](C)O)C(C)(C)C.CO[C@H](/C(=N/OCC(=O)NCc1ccc2cc[nH]c2c1)[C@@H](O)[C@@H](C)O)C(C)(C)C.CO[C@H](/C(=N/OCC(=O)Nc1ccc2c(c1)N=CC2)[C@@H](O)[C@@H](C)O)C(C)C. The number of aliphatic hydroxyl groups excluding tert-OH is 10. The number of amides is 3. The van der Waals surface area contributed by atoms with Crippen LogP contribution in [-0.2, 0) is 111 Å². The van der Waals surface area contributed by atoms with Crippen LogP contribution < -0.4 is 16.0 Å². The van der Waals surface area contributed by atoms with Crippen LogP contribution in [0.15, 0.2) is 165 Å². The third-order valence-corrected chi connectivity index (χ3v) is 22.6. The molecule has 1 aliphatic heterocycles. The molecule has 0 saturated heterocycles. The van der Waals surface area contributed by atoms with Crippen LogP contribution >= 0.6 is 0 Å². The molecule has 0 radical (unpaired) electrons. The van der Waals surface area contributed by atoms with E-state index >= 15 is 0 Å². The summed E-state index contributed by atoms with van der Waals surface area (Å²) >= 11 is 0. The fourth-order valence-corrected chi connectivity index (χ4v) is 15.5. The Morgan fingerprint density at radius 1 is 0.420 bits per heavy atom. The van der Waals surface area contributed by atoms with E-state index in [1.807, 2.05) is 207 Å². The van der Waals surface area contributed by atoms with Gasteiger partial charge in [-0.15, -0.1) is 0 Å². The van der Waals surface area contributed by atoms with Gasteiger partial charge in [-0.05, 0) is 192 Å². The van der Waals surface area contributed by atoms with Gasteiger partial charge in [0, 0.05) is 114 Å². The van der Waals surface area contributed by atoms with Crippen LogP contribution in [0, 0.1) is 34.5 Å². The molecule has 0 fully saturated rings. The molecule has 4 heterocycles. The monoisotopic (exact) mass is 1990 g/mol. The standard InChI is InChI=1S/C22H32N2O5.C22H30N2O5.C22H32N2O5.C21H31N3O5.C19H27N3O5/c1-13-9-16-10-15(7-8-18(16)23-13)11-17(26)12-29-24-19(20(27)14(2)25)21(28-6)22(3,4)5;1-14(25)20(27)19(21(28-5)22(2,3)4)24-29-13-17(26)12-15-8-9-18-16(11-15)7-6-10-23-18;1-14(25)20(27)19(21(28-5)22(2,3)4)24-29-13-18(26)23-12-15-9-10-16-7-6-8-17(16)11-15;1-13(25)19(27)18(20(28-5)21(2,3)4)24-29-12-17(26)23-11-14-6-7-15-8-9-22-16(15)10-14;1-11(2)19(26-4)17(18(25)12(3)23)22-27-10-16(24)21-14-6-5-13-7-8-20-15(13)9-14/h7-10,14,20-21,23,25,27H,11-12H2,1-6H3;6-11,14,20-21,25,27H,12-13H2,1-5H3;6,8-11,14,20-21,25,27H,7,12-13H2,1-5H3,(H,23,26);6-10,13,19-20,22,25,27H,11-12H2,1-5H3,(H,23,26);5-6,8-9,11-12,18-19,23,25H,7,10H2,1-4H3,(H,21,24)/b3*24-19+;24-18+;22-17+/t3*14-,20+,21-;13-,19+,20-;12-,18+,19+/m11111/s1. The van der Waals surface area contributed by atoms with Crippen LogP contribution in [0.25, 0.3) is 38.8 Å². The number of ether oxygens (including phenoxy) is 5. The van der Waals surface area contributed by atoms with Gasteiger partial charge in [-0.1, -0.05) is 183 Å². The van der Waals surface area contributed by atoms with E-state index in [-0.39, 0.29) is 109 Å². The van der Waals surface area contributed by atoms with Crippen LogP contribution in [0.5, 0.6) is 0 Å². The summed E-state index contributed by atoms with van der Waals surface area (Å²) in [5, 5.41) is 131. The van der Waals surface area contributed by atoms with Gasteiger partial charge >= 0.3 is 0 Å². The topological polar surface area (TPSA) is 535 Å². The number of nitrogens with one attached hydrogen (secondary N) is 5. The number of methoxy groups -OCH3 is 5. The molecule has 15 atom stereocenters. The second-order valence-electron chi connectivity index (χ2n) is 40.0. The zero-order chi connectivity index (χ0) is 107. The minimum Gasteiger partial charge on any atom is -0.390 e. The number of rotatable bonds is 45. The molecule has 37 heteroatoms. The molecular weight excluding hydrogens is 1840 g/mol. The van der Waals surface area contributed by atoms with Gasteiger partial charge in [0.1, 0.15) is 89.6 Å². The van der Waals surface area contributed by atoms with Gasteiger partial charge in [-0.25, -0.2) is 0 Å². The predicted octanol–water partition coefficient (Wildman–Crippen LogP) is 11.0. The Labute approximate surface area is 838 Å². The van der Waals surface area contributed by atoms with Crippen molar-refractivity contribution in [1.82, 2.24) is 25.6 Å². The van der Waals surface area contributed by atoms with Crippen LogP contribution in [0.4, 0.5) is 11.4 Å². The molecule has 5 aromatic carbocycles. The lowest BCUT2D eigenvalue weighted by Crippen LogP contribution is -2.46. The first-order chi connectivity index (χ1) is 67.2. The molecule has 0 saturated carbocycles. The smallest absolute Gasteiger partial charge is 0.265 e. The number of aromatic amines is 2. The van der Waals surface area contributed by atoms with Crippen molar-refractivity contribution in [1.29, 1.82) is 0 Å². The fourth-order valence-electron chi connectivity index (χ4n) is 15.5. The Kier molecular flexibility index (Phi) is 48.1. The molecule has 1 aliphatic carbocycles. The molecular formula is C106H152N12O25. The van der Waals surface area contributed by atoms with Crippen molar-refractivity contribution in [3.05, 3.63) is 178 Å². The highest BCUT2D eigenvalue weighted by atomic mass is 16.7. The number of aliphatic hydroxyl groups is 10. The van der Waals surface area contributed by atoms with Crippen molar-refractivity contribution in [3.63, 3.8) is 0 Å². The number of hydrogen-bond donors (Lipinski definition) is 15. The zero-order valence-corrected chi connectivity index (χ0v) is 87.1. The zero-order valence-electron chi connectivity index (χ0n) is 87.1. The summed E-state index contributed by atoms with van der Waals surface area (Å²) in [6, 6.07) is 36.8. The third kappa shape index (κ3) is 38.5. The number of hydrogen-bond acceptors (Lipinski definition) is 32. The normalized spacial score (nSPS) is 16.2. The maximum absolute atomic E-state index is 12.3. The van der Waals surface area contributed by atoms with E-state index in [0.717, 1.165) is 84.7 Å². The van der Waals surface area contributed by atoms with Crippen LogP contribution in [-0.4, -0.2) is 290 Å². The van der Waals surface area contributed by atoms with Gasteiger partial charge in [0.2, 0.25) is 0 Å². The van der Waals surface area contributed by atoms with Gasteiger partial charge in [0.05, 0.1) is 41.7 Å². The van der Waals surface area contributed by atoms with Crippen LogP contribution in [0.3, 0.4) is 0 Å². The summed E-state index contributed by atoms with van der Waals surface area (Å²) < 4.78 is 27.2. The van der Waals surface area contributed by atoms with E-state index in [4.69, 9.17) is 47.9 Å². The summed E-state index contributed by atoms with van der Waals surface area (Å²) in [7, 11) is 7.48. The number of H-pyrrole nitrogens is 2. The van der Waals surface area contributed by atoms with E-state index < -0.39 is 114 Å². The number of aromatic nitrogens is 3. The Morgan fingerprint density at radius 2 is 0.839 bits per heavy atom. The number of aryl methyl sites for hydroxylation is 1. The predicted molar refractivity (Wildman–Crippen MR) is 552 cm³/mol. The number of ketones is 2. The molecule has 0 spiro atoms. The molecule has 0 unspecified atom stereocenters. The average molecular weight is 1990 g/mol. The quantitative estimate of drug-likeness (QED) is 0.0124. The van der Waals surface area contributed by atoms with Crippen LogP contribution in [0.2, 0.25) is 0 Å². The van der Waals surface area contributed by atoms with Crippen molar-refractivity contribution in [3.8, 4) is 0 Å². The molecule has 3 aromatic heterocycles. The molecule has 786 valence electrons. The second-order valence-corrected chi connectivity index (χ2v) is 40.0. The van der Waals surface area contributed by atoms with E-state index in [9.17, 15) is 75.0 Å². The summed E-state index contributed by atoms with van der Waals surface area (Å²) in [5.74, 6) is -1.39. The largest absolute Gasteiger partial charge is 0.390 e. The minimum absolute atomic E-state index is 0.00783. The van der Waals surface area contributed by atoms with E-state index in [1.54, 1.807) is 18.3 Å². The minimum atomic E-state index is -1.27. The molecule has 0 bridgehead atoms. The Balaban J connectivity index is 0.000000274. The highest BCUT2D eigenvalue weighted by Gasteiger charge is 2.41. The third-order valence-electron chi connectivity index (χ3n) is 22.6. The number of benzene rings is 5. The van der Waals surface area contributed by atoms with Gasteiger partial charge in [-0.3, -0.25) is 33.9 Å². The average Bonchev–Trinajstić information content (AvgIpc) is 1.65. The maximum Gasteiger partial charge on any atom is 0.265 e. The van der Waals surface area contributed by atoms with Crippen LogP contribution in [0.1, 0.15) is 176 Å². The number of aliphatic imine (C=N–C) groups is 1. The van der Waals surface area contributed by atoms with Crippen molar-refractivity contribution >= 4 is 114 Å². The Bertz CT molecular complexity index is 5610. The number of carbonyl (C=O) groups is 5.